The van der Waals surface area contributed by atoms with Crippen molar-refractivity contribution in [2.45, 2.75) is 52.6 Å². The molecule has 0 heterocycles. The Morgan fingerprint density at radius 1 is 1.24 bits per heavy atom. The number of ketones is 1. The predicted octanol–water partition coefficient (Wildman–Crippen LogP) is 3.56. The summed E-state index contributed by atoms with van der Waals surface area (Å²) in [6, 6.07) is 4.02. The van der Waals surface area contributed by atoms with Gasteiger partial charge in [0.2, 0.25) is 0 Å². The minimum absolute atomic E-state index is 0.0917. The highest BCUT2D eigenvalue weighted by atomic mass is 16.5. The van der Waals surface area contributed by atoms with Crippen molar-refractivity contribution in [3.05, 3.63) is 28.8 Å². The van der Waals surface area contributed by atoms with Crippen molar-refractivity contribution in [2.24, 2.45) is 0 Å². The van der Waals surface area contributed by atoms with Crippen LogP contribution in [0, 0.1) is 0 Å². The average molecular weight is 232 g/mol. The molecule has 0 amide bonds. The largest absolute Gasteiger partial charge is 0.490 e. The molecule has 17 heavy (non-hydrogen) atoms. The Hall–Kier alpha value is -1.31. The lowest BCUT2D eigenvalue weighted by molar-refractivity contribution is 0.101. The summed E-state index contributed by atoms with van der Waals surface area (Å²) in [5.74, 6) is 0.929. The number of fused-ring (bicyclic) bond motifs is 1. The Bertz CT molecular complexity index is 433. The van der Waals surface area contributed by atoms with Crippen LogP contribution in [0.15, 0.2) is 12.1 Å². The van der Waals surface area contributed by atoms with Crippen molar-refractivity contribution in [1.82, 2.24) is 0 Å². The van der Waals surface area contributed by atoms with Crippen molar-refractivity contribution < 1.29 is 9.53 Å². The van der Waals surface area contributed by atoms with E-state index in [-0.39, 0.29) is 11.9 Å². The van der Waals surface area contributed by atoms with Gasteiger partial charge < -0.3 is 4.74 Å². The van der Waals surface area contributed by atoms with Gasteiger partial charge in [0.15, 0.2) is 5.78 Å². The van der Waals surface area contributed by atoms with Crippen LogP contribution in [0.1, 0.15) is 55.1 Å². The van der Waals surface area contributed by atoms with Gasteiger partial charge in [0.05, 0.1) is 11.7 Å². The SMILES string of the molecule is CC(=O)c1ccc2c(c1OC(C)C)CCCC2. The van der Waals surface area contributed by atoms with Crippen molar-refractivity contribution in [3.8, 4) is 5.75 Å². The fourth-order valence-corrected chi connectivity index (χ4v) is 2.44. The Balaban J connectivity index is 2.51. The number of Topliss-reactive ketones (excluding diaryl/α,β-unsaturated/α-hetero) is 1. The van der Waals surface area contributed by atoms with Gasteiger partial charge in [-0.1, -0.05) is 6.07 Å². The number of hydrogen-bond acceptors (Lipinski definition) is 2. The molecule has 2 rings (SSSR count). The lowest BCUT2D eigenvalue weighted by Crippen LogP contribution is -2.14. The van der Waals surface area contributed by atoms with Crippen molar-refractivity contribution in [2.75, 3.05) is 0 Å². The molecule has 92 valence electrons. The van der Waals surface area contributed by atoms with E-state index < -0.39 is 0 Å². The first-order valence-electron chi connectivity index (χ1n) is 6.42. The summed E-state index contributed by atoms with van der Waals surface area (Å²) in [6.45, 7) is 5.62. The molecule has 0 saturated carbocycles. The van der Waals surface area contributed by atoms with Gasteiger partial charge in [0.25, 0.3) is 0 Å². The van der Waals surface area contributed by atoms with E-state index in [0.29, 0.717) is 0 Å². The van der Waals surface area contributed by atoms with E-state index in [2.05, 4.69) is 6.07 Å². The number of ether oxygens (including phenoxy) is 1. The lowest BCUT2D eigenvalue weighted by Gasteiger charge is -2.23. The van der Waals surface area contributed by atoms with Crippen LogP contribution in [0.4, 0.5) is 0 Å². The number of aryl methyl sites for hydroxylation is 1. The molecule has 2 nitrogen and oxygen atoms in total. The summed E-state index contributed by atoms with van der Waals surface area (Å²) in [7, 11) is 0. The highest BCUT2D eigenvalue weighted by Crippen LogP contribution is 2.33. The first-order chi connectivity index (χ1) is 8.09. The van der Waals surface area contributed by atoms with E-state index in [9.17, 15) is 4.79 Å². The van der Waals surface area contributed by atoms with Gasteiger partial charge in [-0.2, -0.15) is 0 Å². The molecule has 1 aliphatic rings. The number of benzene rings is 1. The van der Waals surface area contributed by atoms with Crippen LogP contribution in [-0.4, -0.2) is 11.9 Å². The first-order valence-corrected chi connectivity index (χ1v) is 6.42. The fourth-order valence-electron chi connectivity index (χ4n) is 2.44. The Labute approximate surface area is 103 Å². The highest BCUT2D eigenvalue weighted by molar-refractivity contribution is 5.97. The summed E-state index contributed by atoms with van der Waals surface area (Å²) in [4.78, 5) is 11.7. The molecule has 0 aromatic heterocycles. The van der Waals surface area contributed by atoms with Gasteiger partial charge in [0, 0.05) is 0 Å². The maximum atomic E-state index is 11.7. The van der Waals surface area contributed by atoms with Gasteiger partial charge in [-0.3, -0.25) is 4.79 Å². The van der Waals surface area contributed by atoms with Gasteiger partial charge in [-0.05, 0) is 63.6 Å². The summed E-state index contributed by atoms with van der Waals surface area (Å²) in [6.07, 6.45) is 4.71. The lowest BCUT2D eigenvalue weighted by atomic mass is 9.88. The Morgan fingerprint density at radius 3 is 2.59 bits per heavy atom. The molecule has 1 aromatic rings. The Morgan fingerprint density at radius 2 is 1.94 bits per heavy atom. The van der Waals surface area contributed by atoms with Crippen LogP contribution in [0.2, 0.25) is 0 Å². The third-order valence-corrected chi connectivity index (χ3v) is 3.21. The third kappa shape index (κ3) is 2.51. The molecule has 0 fully saturated rings. The van der Waals surface area contributed by atoms with Crippen LogP contribution in [0.5, 0.6) is 5.75 Å². The molecular weight excluding hydrogens is 212 g/mol. The third-order valence-electron chi connectivity index (χ3n) is 3.21. The molecule has 0 atom stereocenters. The summed E-state index contributed by atoms with van der Waals surface area (Å²) in [5, 5.41) is 0. The van der Waals surface area contributed by atoms with E-state index in [1.54, 1.807) is 6.92 Å². The van der Waals surface area contributed by atoms with Crippen molar-refractivity contribution in [1.29, 1.82) is 0 Å². The molecule has 0 unspecified atom stereocenters. The standard InChI is InChI=1S/C15H20O2/c1-10(2)17-15-13(11(3)16)9-8-12-6-4-5-7-14(12)15/h8-10H,4-7H2,1-3H3. The fraction of sp³-hybridized carbons (Fsp3) is 0.533. The van der Waals surface area contributed by atoms with Gasteiger partial charge in [-0.15, -0.1) is 0 Å². The van der Waals surface area contributed by atoms with Crippen LogP contribution in [0.25, 0.3) is 0 Å². The zero-order chi connectivity index (χ0) is 12.4. The maximum absolute atomic E-state index is 11.7. The zero-order valence-electron chi connectivity index (χ0n) is 10.9. The molecule has 0 radical (unpaired) electrons. The number of carbonyl (C=O) groups is 1. The molecule has 0 spiro atoms. The monoisotopic (exact) mass is 232 g/mol. The van der Waals surface area contributed by atoms with E-state index in [1.165, 1.54) is 24.0 Å². The van der Waals surface area contributed by atoms with E-state index in [0.717, 1.165) is 24.2 Å². The predicted molar refractivity (Wildman–Crippen MR) is 68.9 cm³/mol. The number of carbonyl (C=O) groups excluding carboxylic acids is 1. The van der Waals surface area contributed by atoms with E-state index in [4.69, 9.17) is 4.74 Å². The van der Waals surface area contributed by atoms with Gasteiger partial charge in [-0.25, -0.2) is 0 Å². The zero-order valence-corrected chi connectivity index (χ0v) is 10.9. The van der Waals surface area contributed by atoms with Crippen LogP contribution in [-0.2, 0) is 12.8 Å². The van der Waals surface area contributed by atoms with Gasteiger partial charge >= 0.3 is 0 Å². The molecule has 0 bridgehead atoms. The second-order valence-electron chi connectivity index (χ2n) is 5.01. The van der Waals surface area contributed by atoms with Gasteiger partial charge in [0.1, 0.15) is 5.75 Å². The summed E-state index contributed by atoms with van der Waals surface area (Å²) in [5.41, 5.74) is 3.36. The van der Waals surface area contributed by atoms with Crippen LogP contribution >= 0.6 is 0 Å². The maximum Gasteiger partial charge on any atom is 0.163 e. The minimum Gasteiger partial charge on any atom is -0.490 e. The van der Waals surface area contributed by atoms with Crippen molar-refractivity contribution >= 4 is 5.78 Å². The minimum atomic E-state index is 0.0917. The smallest absolute Gasteiger partial charge is 0.163 e. The molecule has 0 aliphatic heterocycles. The Kier molecular flexibility index (Phi) is 3.51. The molecule has 0 saturated heterocycles. The second-order valence-corrected chi connectivity index (χ2v) is 5.01. The molecule has 1 aromatic carbocycles. The quantitative estimate of drug-likeness (QED) is 0.745. The number of rotatable bonds is 3. The summed E-state index contributed by atoms with van der Waals surface area (Å²) >= 11 is 0. The molecule has 2 heteroatoms. The summed E-state index contributed by atoms with van der Waals surface area (Å²) < 4.78 is 5.88. The molecular formula is C15H20O2. The average Bonchev–Trinajstić information content (AvgIpc) is 2.28. The van der Waals surface area contributed by atoms with E-state index >= 15 is 0 Å². The first kappa shape index (κ1) is 12.2. The van der Waals surface area contributed by atoms with Crippen LogP contribution in [0.3, 0.4) is 0 Å². The molecule has 0 N–H and O–H groups in total. The normalized spacial score (nSPS) is 14.6. The van der Waals surface area contributed by atoms with Crippen LogP contribution < -0.4 is 4.74 Å². The number of hydrogen-bond donors (Lipinski definition) is 0. The second kappa shape index (κ2) is 4.91. The van der Waals surface area contributed by atoms with E-state index in [1.807, 2.05) is 19.9 Å². The van der Waals surface area contributed by atoms with Crippen molar-refractivity contribution in [3.63, 3.8) is 0 Å². The topological polar surface area (TPSA) is 26.3 Å². The molecule has 1 aliphatic carbocycles. The highest BCUT2D eigenvalue weighted by Gasteiger charge is 2.20.